The summed E-state index contributed by atoms with van der Waals surface area (Å²) in [5, 5.41) is 4.06. The van der Waals surface area contributed by atoms with Crippen LogP contribution in [0, 0.1) is 12.7 Å². The van der Waals surface area contributed by atoms with Crippen LogP contribution in [0.1, 0.15) is 12.0 Å². The van der Waals surface area contributed by atoms with Crippen molar-refractivity contribution in [3.8, 4) is 5.75 Å². The number of nitrogens with zero attached hydrogens (tertiary/aromatic N) is 2. The topological polar surface area (TPSA) is 85.4 Å². The zero-order valence-corrected chi connectivity index (χ0v) is 20.0. The summed E-state index contributed by atoms with van der Waals surface area (Å²) in [5.41, 5.74) is 2.74. The van der Waals surface area contributed by atoms with Crippen LogP contribution in [0.5, 0.6) is 5.75 Å². The van der Waals surface area contributed by atoms with Crippen LogP contribution in [0.3, 0.4) is 0 Å². The molecule has 1 saturated heterocycles. The maximum Gasteiger partial charge on any atom is 0.146 e. The number of halogens is 1. The van der Waals surface area contributed by atoms with E-state index in [2.05, 4.69) is 25.9 Å². The summed E-state index contributed by atoms with van der Waals surface area (Å²) in [6.07, 6.45) is 2.07. The van der Waals surface area contributed by atoms with E-state index in [4.69, 9.17) is 9.47 Å². The Morgan fingerprint density at radius 3 is 2.74 bits per heavy atom. The second-order valence-corrected chi connectivity index (χ2v) is 10.4. The summed E-state index contributed by atoms with van der Waals surface area (Å²) in [6, 6.07) is 17.1. The van der Waals surface area contributed by atoms with Gasteiger partial charge in [0.1, 0.15) is 29.8 Å². The average molecular weight is 493 g/mol. The smallest absolute Gasteiger partial charge is 0.146 e. The Morgan fingerprint density at radius 1 is 1.14 bits per heavy atom. The number of fused-ring (bicyclic) bond motifs is 1. The molecule has 1 fully saturated rings. The molecule has 2 heterocycles. The van der Waals surface area contributed by atoms with Gasteiger partial charge >= 0.3 is 0 Å². The normalized spacial score (nSPS) is 17.1. The number of ether oxygens (including phenoxy) is 2. The molecule has 3 aromatic carbocycles. The van der Waals surface area contributed by atoms with E-state index in [1.54, 1.807) is 24.3 Å². The standard InChI is InChI=1S/C26H25FN4O3S/c1-17-12-19(31-35(2,32)21-6-4-3-5-7-21)14-23-25(17)26(29-16-28-23)30-22-9-8-18(27)13-24(22)34-20-10-11-33-15-20/h3-9,12-14,16,20H,2,10-11,15H2,1H3,(H,31,32)(H,28,29,30). The van der Waals surface area contributed by atoms with E-state index in [9.17, 15) is 8.60 Å². The van der Waals surface area contributed by atoms with Crippen LogP contribution >= 0.6 is 0 Å². The van der Waals surface area contributed by atoms with Crippen molar-refractivity contribution in [3.05, 3.63) is 78.4 Å². The average Bonchev–Trinajstić information content (AvgIpc) is 3.34. The summed E-state index contributed by atoms with van der Waals surface area (Å²) >= 11 is 0. The maximum atomic E-state index is 14.0. The molecule has 0 bridgehead atoms. The Balaban J connectivity index is 1.47. The first kappa shape index (κ1) is 23.1. The van der Waals surface area contributed by atoms with Crippen LogP contribution in [0.15, 0.2) is 71.9 Å². The highest BCUT2D eigenvalue weighted by Crippen LogP contribution is 2.34. The first-order valence-electron chi connectivity index (χ1n) is 11.2. The van der Waals surface area contributed by atoms with Gasteiger partial charge in [0.05, 0.1) is 34.1 Å². The van der Waals surface area contributed by atoms with E-state index in [1.807, 2.05) is 31.2 Å². The molecular weight excluding hydrogens is 467 g/mol. The van der Waals surface area contributed by atoms with Crippen LogP contribution in [-0.4, -0.2) is 39.4 Å². The molecule has 0 radical (unpaired) electrons. The highest BCUT2D eigenvalue weighted by molar-refractivity contribution is 8.01. The second kappa shape index (κ2) is 9.52. The molecule has 0 spiro atoms. The summed E-state index contributed by atoms with van der Waals surface area (Å²) in [6.45, 7) is 3.02. The molecule has 0 amide bonds. The molecule has 0 aliphatic carbocycles. The van der Waals surface area contributed by atoms with Gasteiger partial charge in [-0.1, -0.05) is 18.2 Å². The van der Waals surface area contributed by atoms with Gasteiger partial charge in [-0.2, -0.15) is 0 Å². The van der Waals surface area contributed by atoms with Crippen molar-refractivity contribution in [1.29, 1.82) is 0 Å². The lowest BCUT2D eigenvalue weighted by molar-refractivity contribution is 0.141. The summed E-state index contributed by atoms with van der Waals surface area (Å²) in [7, 11) is -2.75. The number of hydrogen-bond donors (Lipinski definition) is 2. The van der Waals surface area contributed by atoms with E-state index in [0.717, 1.165) is 17.4 Å². The number of aryl methyl sites for hydroxylation is 1. The van der Waals surface area contributed by atoms with Crippen molar-refractivity contribution in [2.75, 3.05) is 23.3 Å². The van der Waals surface area contributed by atoms with Gasteiger partial charge in [-0.3, -0.25) is 0 Å². The monoisotopic (exact) mass is 492 g/mol. The predicted octanol–water partition coefficient (Wildman–Crippen LogP) is 5.09. The molecule has 180 valence electrons. The Morgan fingerprint density at radius 2 is 1.97 bits per heavy atom. The van der Waals surface area contributed by atoms with Crippen LogP contribution in [0.25, 0.3) is 10.9 Å². The fourth-order valence-electron chi connectivity index (χ4n) is 4.05. The number of nitrogens with one attached hydrogen (secondary N) is 2. The molecule has 2 unspecified atom stereocenters. The van der Waals surface area contributed by atoms with Crippen LogP contribution in [-0.2, 0) is 14.4 Å². The fourth-order valence-corrected chi connectivity index (χ4v) is 5.26. The third kappa shape index (κ3) is 5.06. The molecule has 0 saturated carbocycles. The van der Waals surface area contributed by atoms with Crippen LogP contribution in [0.4, 0.5) is 21.6 Å². The maximum absolute atomic E-state index is 14.0. The predicted molar refractivity (Wildman–Crippen MR) is 137 cm³/mol. The highest BCUT2D eigenvalue weighted by Gasteiger charge is 2.20. The van der Waals surface area contributed by atoms with Gasteiger partial charge in [0.15, 0.2) is 0 Å². The molecule has 2 atom stereocenters. The number of aromatic nitrogens is 2. The van der Waals surface area contributed by atoms with Gasteiger partial charge in [-0.05, 0) is 54.8 Å². The summed E-state index contributed by atoms with van der Waals surface area (Å²) in [4.78, 5) is 9.45. The fraction of sp³-hybridized carbons (Fsp3) is 0.192. The summed E-state index contributed by atoms with van der Waals surface area (Å²) in [5.74, 6) is 4.45. The van der Waals surface area contributed by atoms with E-state index in [0.29, 0.717) is 46.6 Å². The van der Waals surface area contributed by atoms with Crippen molar-refractivity contribution < 1.29 is 18.1 Å². The Bertz CT molecular complexity index is 1470. The molecule has 9 heteroatoms. The molecule has 2 N–H and O–H groups in total. The first-order valence-corrected chi connectivity index (χ1v) is 12.9. The highest BCUT2D eigenvalue weighted by atomic mass is 32.2. The van der Waals surface area contributed by atoms with E-state index < -0.39 is 9.71 Å². The van der Waals surface area contributed by atoms with Crippen molar-refractivity contribution in [3.63, 3.8) is 0 Å². The van der Waals surface area contributed by atoms with Crippen molar-refractivity contribution in [2.45, 2.75) is 24.3 Å². The lowest BCUT2D eigenvalue weighted by Crippen LogP contribution is -2.16. The van der Waals surface area contributed by atoms with Gasteiger partial charge in [-0.15, -0.1) is 0 Å². The molecule has 1 aliphatic heterocycles. The van der Waals surface area contributed by atoms with Gasteiger partial charge in [0.25, 0.3) is 0 Å². The quantitative estimate of drug-likeness (QED) is 0.350. The number of anilines is 3. The van der Waals surface area contributed by atoms with E-state index in [-0.39, 0.29) is 11.9 Å². The van der Waals surface area contributed by atoms with Crippen molar-refractivity contribution in [2.24, 2.45) is 0 Å². The lowest BCUT2D eigenvalue weighted by atomic mass is 10.1. The minimum atomic E-state index is -2.75. The van der Waals surface area contributed by atoms with Crippen LogP contribution in [0.2, 0.25) is 0 Å². The van der Waals surface area contributed by atoms with Gasteiger partial charge in [0.2, 0.25) is 0 Å². The largest absolute Gasteiger partial charge is 0.486 e. The van der Waals surface area contributed by atoms with Gasteiger partial charge < -0.3 is 19.5 Å². The van der Waals surface area contributed by atoms with E-state index in [1.165, 1.54) is 18.5 Å². The number of hydrogen-bond acceptors (Lipinski definition) is 6. The minimum Gasteiger partial charge on any atom is -0.486 e. The second-order valence-electron chi connectivity index (χ2n) is 8.37. The zero-order chi connectivity index (χ0) is 24.4. The molecule has 4 aromatic rings. The Hall–Kier alpha value is -3.69. The SMILES string of the molecule is C=S(=O)(Nc1cc(C)c2c(Nc3ccc(F)cc3OC3CCOC3)ncnc2c1)c1ccccc1. The van der Waals surface area contributed by atoms with Crippen LogP contribution < -0.4 is 14.8 Å². The third-order valence-corrected chi connectivity index (χ3v) is 7.32. The van der Waals surface area contributed by atoms with Crippen molar-refractivity contribution >= 4 is 43.7 Å². The zero-order valence-electron chi connectivity index (χ0n) is 19.2. The first-order chi connectivity index (χ1) is 16.9. The van der Waals surface area contributed by atoms with Gasteiger partial charge in [0, 0.05) is 28.5 Å². The Kier molecular flexibility index (Phi) is 6.27. The third-order valence-electron chi connectivity index (χ3n) is 5.72. The minimum absolute atomic E-state index is 0.128. The van der Waals surface area contributed by atoms with Crippen molar-refractivity contribution in [1.82, 2.24) is 9.97 Å². The molecule has 7 nitrogen and oxygen atoms in total. The number of rotatable bonds is 7. The number of benzene rings is 3. The van der Waals surface area contributed by atoms with Gasteiger partial charge in [-0.25, -0.2) is 18.6 Å². The molecule has 1 aromatic heterocycles. The van der Waals surface area contributed by atoms with E-state index >= 15 is 0 Å². The summed E-state index contributed by atoms with van der Waals surface area (Å²) < 4.78 is 41.6. The molecule has 5 rings (SSSR count). The lowest BCUT2D eigenvalue weighted by Gasteiger charge is -2.18. The Labute approximate surface area is 203 Å². The molecular formula is C26H25FN4O3S. The molecule has 1 aliphatic rings. The molecule has 35 heavy (non-hydrogen) atoms.